The Balaban J connectivity index is 1.73. The lowest BCUT2D eigenvalue weighted by molar-refractivity contribution is -0.142. The Kier molecular flexibility index (Phi) is 5.57. The summed E-state index contributed by atoms with van der Waals surface area (Å²) in [4.78, 5) is 21.7. The highest BCUT2D eigenvalue weighted by Gasteiger charge is 2.37. The lowest BCUT2D eigenvalue weighted by atomic mass is 10.2. The standard InChI is InChI=1S/C19H10ClF4N5O2S/c20-14-15(18(30)31-28-16(25)9-3-5-10(21)6-4-9)27-29-13(19(22,23)24)8-11(26-17(14)29)12-2-1-7-32-12/h1-8H,(H2,25,28). The van der Waals surface area contributed by atoms with Crippen LogP contribution in [-0.2, 0) is 11.0 Å². The number of benzene rings is 1. The van der Waals surface area contributed by atoms with Crippen LogP contribution in [0.4, 0.5) is 17.6 Å². The molecule has 3 aromatic heterocycles. The van der Waals surface area contributed by atoms with E-state index in [1.165, 1.54) is 23.5 Å². The van der Waals surface area contributed by atoms with Gasteiger partial charge in [-0.25, -0.2) is 18.7 Å². The number of aromatic nitrogens is 3. The SMILES string of the molecule is N/C(=N\OC(=O)c1nn2c(C(F)(F)F)cc(-c3cccs3)nc2c1Cl)c1ccc(F)cc1. The number of fused-ring (bicyclic) bond motifs is 1. The van der Waals surface area contributed by atoms with Gasteiger partial charge in [-0.05, 0) is 41.8 Å². The van der Waals surface area contributed by atoms with Crippen LogP contribution in [-0.4, -0.2) is 26.4 Å². The minimum Gasteiger partial charge on any atom is -0.380 e. The quantitative estimate of drug-likeness (QED) is 0.149. The van der Waals surface area contributed by atoms with Crippen molar-refractivity contribution in [2.75, 3.05) is 0 Å². The van der Waals surface area contributed by atoms with Gasteiger partial charge in [0.05, 0.1) is 10.6 Å². The summed E-state index contributed by atoms with van der Waals surface area (Å²) in [5, 5.41) is 8.28. The third-order valence-corrected chi connectivity index (χ3v) is 5.40. The van der Waals surface area contributed by atoms with Crippen molar-refractivity contribution in [1.29, 1.82) is 0 Å². The summed E-state index contributed by atoms with van der Waals surface area (Å²) >= 11 is 7.31. The summed E-state index contributed by atoms with van der Waals surface area (Å²) in [6.45, 7) is 0. The van der Waals surface area contributed by atoms with Crippen LogP contribution in [0.5, 0.6) is 0 Å². The summed E-state index contributed by atoms with van der Waals surface area (Å²) in [6.07, 6.45) is -4.81. The first-order valence-electron chi connectivity index (χ1n) is 8.66. The second-order valence-corrected chi connectivity index (χ2v) is 7.59. The number of amidine groups is 1. The normalized spacial score (nSPS) is 12.3. The number of carbonyl (C=O) groups excluding carboxylic acids is 1. The average Bonchev–Trinajstić information content (AvgIpc) is 3.39. The second-order valence-electron chi connectivity index (χ2n) is 6.26. The molecule has 3 heterocycles. The van der Waals surface area contributed by atoms with E-state index >= 15 is 0 Å². The van der Waals surface area contributed by atoms with E-state index in [1.54, 1.807) is 17.5 Å². The molecule has 0 atom stereocenters. The molecule has 0 amide bonds. The first-order valence-corrected chi connectivity index (χ1v) is 9.92. The van der Waals surface area contributed by atoms with Crippen LogP contribution in [0.25, 0.3) is 16.2 Å². The van der Waals surface area contributed by atoms with E-state index in [1.807, 2.05) is 0 Å². The Bertz CT molecular complexity index is 1330. The molecule has 13 heteroatoms. The number of halogens is 5. The molecule has 164 valence electrons. The molecule has 32 heavy (non-hydrogen) atoms. The van der Waals surface area contributed by atoms with Crippen LogP contribution in [0.15, 0.2) is 53.0 Å². The molecule has 7 nitrogen and oxygen atoms in total. The fourth-order valence-electron chi connectivity index (χ4n) is 2.68. The lowest BCUT2D eigenvalue weighted by Crippen LogP contribution is -2.16. The van der Waals surface area contributed by atoms with E-state index in [0.29, 0.717) is 9.39 Å². The van der Waals surface area contributed by atoms with E-state index in [9.17, 15) is 22.4 Å². The minimum absolute atomic E-state index is 0.0140. The van der Waals surface area contributed by atoms with Crippen molar-refractivity contribution >= 4 is 40.4 Å². The van der Waals surface area contributed by atoms with Crippen molar-refractivity contribution in [3.05, 3.63) is 75.6 Å². The summed E-state index contributed by atoms with van der Waals surface area (Å²) in [5.74, 6) is -2.03. The maximum atomic E-state index is 13.6. The molecule has 0 aliphatic rings. The van der Waals surface area contributed by atoms with Gasteiger partial charge in [0, 0.05) is 5.56 Å². The molecule has 0 saturated carbocycles. The van der Waals surface area contributed by atoms with Crippen LogP contribution in [0, 0.1) is 5.82 Å². The van der Waals surface area contributed by atoms with Gasteiger partial charge in [0.1, 0.15) is 10.8 Å². The Labute approximate surface area is 185 Å². The first-order chi connectivity index (χ1) is 15.1. The highest BCUT2D eigenvalue weighted by Crippen LogP contribution is 2.35. The Morgan fingerprint density at radius 2 is 1.94 bits per heavy atom. The van der Waals surface area contributed by atoms with Crippen molar-refractivity contribution < 1.29 is 27.2 Å². The fourth-order valence-corrected chi connectivity index (χ4v) is 3.61. The number of nitrogens with two attached hydrogens (primary N) is 1. The van der Waals surface area contributed by atoms with Crippen molar-refractivity contribution in [3.63, 3.8) is 0 Å². The number of rotatable bonds is 4. The first kappa shape index (κ1) is 21.7. The molecule has 0 fully saturated rings. The molecule has 0 spiro atoms. The molecule has 4 rings (SSSR count). The third kappa shape index (κ3) is 4.14. The number of hydrogen-bond acceptors (Lipinski definition) is 6. The minimum atomic E-state index is -4.81. The topological polar surface area (TPSA) is 94.9 Å². The molecule has 0 aliphatic carbocycles. The molecule has 0 unspecified atom stereocenters. The Hall–Kier alpha value is -3.51. The maximum absolute atomic E-state index is 13.6. The van der Waals surface area contributed by atoms with Crippen LogP contribution in [0.1, 0.15) is 21.7 Å². The van der Waals surface area contributed by atoms with E-state index in [-0.39, 0.29) is 22.7 Å². The van der Waals surface area contributed by atoms with Gasteiger partial charge >= 0.3 is 12.1 Å². The van der Waals surface area contributed by atoms with Gasteiger partial charge in [0.2, 0.25) is 0 Å². The average molecular weight is 484 g/mol. The number of hydrogen-bond donors (Lipinski definition) is 1. The van der Waals surface area contributed by atoms with Crippen LogP contribution < -0.4 is 5.73 Å². The van der Waals surface area contributed by atoms with Crippen molar-refractivity contribution in [3.8, 4) is 10.6 Å². The molecule has 0 aliphatic heterocycles. The van der Waals surface area contributed by atoms with Gasteiger partial charge in [0.15, 0.2) is 22.9 Å². The predicted molar refractivity (Wildman–Crippen MR) is 109 cm³/mol. The fraction of sp³-hybridized carbons (Fsp3) is 0.0526. The van der Waals surface area contributed by atoms with E-state index < -0.39 is 34.4 Å². The highest BCUT2D eigenvalue weighted by molar-refractivity contribution is 7.13. The largest absolute Gasteiger partial charge is 0.433 e. The van der Waals surface area contributed by atoms with E-state index in [4.69, 9.17) is 17.3 Å². The number of carbonyl (C=O) groups is 1. The second kappa shape index (κ2) is 8.20. The van der Waals surface area contributed by atoms with Crippen molar-refractivity contribution in [2.24, 2.45) is 10.9 Å². The van der Waals surface area contributed by atoms with Gasteiger partial charge in [-0.3, -0.25) is 0 Å². The smallest absolute Gasteiger partial charge is 0.380 e. The zero-order valence-electron chi connectivity index (χ0n) is 15.6. The molecule has 2 N–H and O–H groups in total. The molecule has 0 radical (unpaired) electrons. The van der Waals surface area contributed by atoms with Crippen LogP contribution >= 0.6 is 22.9 Å². The van der Waals surface area contributed by atoms with Gasteiger partial charge in [0.25, 0.3) is 0 Å². The van der Waals surface area contributed by atoms with E-state index in [0.717, 1.165) is 18.2 Å². The summed E-state index contributed by atoms with van der Waals surface area (Å²) in [6, 6.07) is 8.89. The zero-order valence-corrected chi connectivity index (χ0v) is 17.2. The number of thiophene rings is 1. The zero-order chi connectivity index (χ0) is 23.0. The van der Waals surface area contributed by atoms with Crippen molar-refractivity contribution in [2.45, 2.75) is 6.18 Å². The summed E-state index contributed by atoms with van der Waals surface area (Å²) < 4.78 is 54.3. The molecule has 0 saturated heterocycles. The molecule has 0 bridgehead atoms. The monoisotopic (exact) mass is 483 g/mol. The lowest BCUT2D eigenvalue weighted by Gasteiger charge is -2.10. The molecule has 1 aromatic carbocycles. The van der Waals surface area contributed by atoms with Gasteiger partial charge in [-0.1, -0.05) is 22.8 Å². The van der Waals surface area contributed by atoms with Crippen LogP contribution in [0.2, 0.25) is 5.02 Å². The third-order valence-electron chi connectivity index (χ3n) is 4.16. The number of nitrogens with zero attached hydrogens (tertiary/aromatic N) is 4. The van der Waals surface area contributed by atoms with Gasteiger partial charge in [-0.15, -0.1) is 11.3 Å². The maximum Gasteiger partial charge on any atom is 0.433 e. The highest BCUT2D eigenvalue weighted by atomic mass is 35.5. The summed E-state index contributed by atoms with van der Waals surface area (Å²) in [5.41, 5.74) is 3.74. The number of oxime groups is 1. The Morgan fingerprint density at radius 3 is 2.56 bits per heavy atom. The van der Waals surface area contributed by atoms with Gasteiger partial charge < -0.3 is 10.6 Å². The summed E-state index contributed by atoms with van der Waals surface area (Å²) in [7, 11) is 0. The predicted octanol–water partition coefficient (Wildman–Crippen LogP) is 4.75. The molecular weight excluding hydrogens is 474 g/mol. The molecule has 4 aromatic rings. The number of alkyl halides is 3. The van der Waals surface area contributed by atoms with Crippen LogP contribution in [0.3, 0.4) is 0 Å². The van der Waals surface area contributed by atoms with E-state index in [2.05, 4.69) is 20.1 Å². The Morgan fingerprint density at radius 1 is 1.22 bits per heavy atom. The van der Waals surface area contributed by atoms with Crippen molar-refractivity contribution in [1.82, 2.24) is 14.6 Å². The molecular formula is C19H10ClF4N5O2S. The van der Waals surface area contributed by atoms with Gasteiger partial charge in [-0.2, -0.15) is 18.3 Å².